The molecule has 80 valence electrons. The Labute approximate surface area is 85.8 Å². The number of rotatable bonds is 1. The lowest BCUT2D eigenvalue weighted by atomic mass is 9.92. The molecule has 1 N–H and O–H groups in total. The van der Waals surface area contributed by atoms with Gasteiger partial charge in [-0.3, -0.25) is 4.90 Å². The lowest BCUT2D eigenvalue weighted by Crippen LogP contribution is -2.47. The Morgan fingerprint density at radius 3 is 2.93 bits per heavy atom. The van der Waals surface area contributed by atoms with E-state index in [1.165, 1.54) is 19.3 Å². The van der Waals surface area contributed by atoms with Crippen LogP contribution in [0.2, 0.25) is 0 Å². The lowest BCUT2D eigenvalue weighted by molar-refractivity contribution is 0.0862. The van der Waals surface area contributed by atoms with Gasteiger partial charge in [-0.25, -0.2) is 0 Å². The van der Waals surface area contributed by atoms with E-state index < -0.39 is 0 Å². The van der Waals surface area contributed by atoms with Crippen molar-refractivity contribution in [3.8, 4) is 0 Å². The fourth-order valence-electron chi connectivity index (χ4n) is 3.05. The maximum Gasteiger partial charge on any atom is 0.0467 e. The molecule has 2 saturated heterocycles. The summed E-state index contributed by atoms with van der Waals surface area (Å²) < 4.78 is 0. The van der Waals surface area contributed by atoms with E-state index in [-0.39, 0.29) is 0 Å². The summed E-state index contributed by atoms with van der Waals surface area (Å²) in [5, 5.41) is 11.7. The Morgan fingerprint density at radius 2 is 2.21 bits per heavy atom. The zero-order valence-corrected chi connectivity index (χ0v) is 9.11. The van der Waals surface area contributed by atoms with Crippen molar-refractivity contribution in [3.05, 3.63) is 0 Å². The zero-order chi connectivity index (χ0) is 10.2. The molecule has 3 nitrogen and oxygen atoms in total. The van der Waals surface area contributed by atoms with Crippen LogP contribution in [0.4, 0.5) is 0 Å². The standard InChI is InChI=1S/C11H20N2O/c1-11(2)5-3-10-7-9(8-12-14)4-6-13(10)11/h8-10,14H,3-7H2,1-2H3. The van der Waals surface area contributed by atoms with Gasteiger partial charge >= 0.3 is 0 Å². The molecule has 0 amide bonds. The highest BCUT2D eigenvalue weighted by Crippen LogP contribution is 2.39. The molecule has 0 bridgehead atoms. The van der Waals surface area contributed by atoms with Crippen molar-refractivity contribution in [3.63, 3.8) is 0 Å². The van der Waals surface area contributed by atoms with Crippen molar-refractivity contribution in [1.29, 1.82) is 0 Å². The third-order valence-electron chi connectivity index (χ3n) is 3.90. The van der Waals surface area contributed by atoms with Crippen molar-refractivity contribution >= 4 is 6.21 Å². The van der Waals surface area contributed by atoms with Crippen LogP contribution in [0.15, 0.2) is 5.16 Å². The fourth-order valence-corrected chi connectivity index (χ4v) is 3.05. The third-order valence-corrected chi connectivity index (χ3v) is 3.90. The first-order chi connectivity index (χ1) is 6.63. The molecule has 0 spiro atoms. The highest BCUT2D eigenvalue weighted by molar-refractivity contribution is 5.60. The summed E-state index contributed by atoms with van der Waals surface area (Å²) in [5.74, 6) is 0.496. The average molecular weight is 196 g/mol. The Bertz CT molecular complexity index is 237. The van der Waals surface area contributed by atoms with Gasteiger partial charge < -0.3 is 5.21 Å². The number of nitrogens with zero attached hydrogens (tertiary/aromatic N) is 2. The second kappa shape index (κ2) is 3.54. The van der Waals surface area contributed by atoms with Crippen LogP contribution in [0.25, 0.3) is 0 Å². The molecule has 3 heteroatoms. The summed E-state index contributed by atoms with van der Waals surface area (Å²) >= 11 is 0. The molecule has 0 aliphatic carbocycles. The Morgan fingerprint density at radius 1 is 1.43 bits per heavy atom. The number of hydrogen-bond donors (Lipinski definition) is 1. The zero-order valence-electron chi connectivity index (χ0n) is 9.11. The van der Waals surface area contributed by atoms with Crippen LogP contribution in [-0.4, -0.2) is 34.4 Å². The molecule has 2 aliphatic rings. The molecular weight excluding hydrogens is 176 g/mol. The van der Waals surface area contributed by atoms with Crippen LogP contribution in [0, 0.1) is 5.92 Å². The molecule has 14 heavy (non-hydrogen) atoms. The Hall–Kier alpha value is -0.570. The maximum atomic E-state index is 8.52. The van der Waals surface area contributed by atoms with Crippen molar-refractivity contribution < 1.29 is 5.21 Å². The normalized spacial score (nSPS) is 37.6. The van der Waals surface area contributed by atoms with Crippen LogP contribution in [0.1, 0.15) is 39.5 Å². The minimum absolute atomic E-state index is 0.395. The van der Waals surface area contributed by atoms with Gasteiger partial charge in [-0.05, 0) is 46.1 Å². The SMILES string of the molecule is CC1(C)CCC2CC(C=NO)CCN21. The van der Waals surface area contributed by atoms with Crippen LogP contribution in [0.5, 0.6) is 0 Å². The van der Waals surface area contributed by atoms with Crippen molar-refractivity contribution in [2.24, 2.45) is 11.1 Å². The Kier molecular flexibility index (Phi) is 2.52. The van der Waals surface area contributed by atoms with Gasteiger partial charge in [0.15, 0.2) is 0 Å². The van der Waals surface area contributed by atoms with E-state index in [1.807, 2.05) is 0 Å². The average Bonchev–Trinajstić information content (AvgIpc) is 2.43. The van der Waals surface area contributed by atoms with Gasteiger partial charge in [-0.15, -0.1) is 5.16 Å². The molecule has 0 aromatic carbocycles. The van der Waals surface area contributed by atoms with E-state index in [4.69, 9.17) is 5.21 Å². The molecule has 0 aromatic heterocycles. The van der Waals surface area contributed by atoms with Crippen LogP contribution >= 0.6 is 0 Å². The monoisotopic (exact) mass is 196 g/mol. The van der Waals surface area contributed by atoms with Crippen molar-refractivity contribution in [2.75, 3.05) is 6.54 Å². The molecule has 2 fully saturated rings. The second-order valence-corrected chi connectivity index (χ2v) is 5.25. The first-order valence-electron chi connectivity index (χ1n) is 5.58. The van der Waals surface area contributed by atoms with Gasteiger partial charge in [0.05, 0.1) is 0 Å². The van der Waals surface area contributed by atoms with E-state index in [9.17, 15) is 0 Å². The smallest absolute Gasteiger partial charge is 0.0467 e. The predicted molar refractivity (Wildman–Crippen MR) is 56.8 cm³/mol. The number of piperidine rings is 1. The number of fused-ring (bicyclic) bond motifs is 1. The molecule has 2 rings (SSSR count). The quantitative estimate of drug-likeness (QED) is 0.396. The summed E-state index contributed by atoms with van der Waals surface area (Å²) in [6, 6.07) is 0.724. The minimum Gasteiger partial charge on any atom is -0.411 e. The topological polar surface area (TPSA) is 35.8 Å². The number of hydrogen-bond acceptors (Lipinski definition) is 3. The summed E-state index contributed by atoms with van der Waals surface area (Å²) in [6.45, 7) is 5.84. The number of oxime groups is 1. The Balaban J connectivity index is 2.01. The van der Waals surface area contributed by atoms with Gasteiger partial charge in [-0.2, -0.15) is 0 Å². The highest BCUT2D eigenvalue weighted by atomic mass is 16.4. The van der Waals surface area contributed by atoms with Gasteiger partial charge in [0.2, 0.25) is 0 Å². The van der Waals surface area contributed by atoms with E-state index in [0.29, 0.717) is 11.5 Å². The molecule has 0 aromatic rings. The maximum absolute atomic E-state index is 8.52. The summed E-state index contributed by atoms with van der Waals surface area (Å²) in [7, 11) is 0. The molecular formula is C11H20N2O. The van der Waals surface area contributed by atoms with Gasteiger partial charge in [0.25, 0.3) is 0 Å². The van der Waals surface area contributed by atoms with E-state index >= 15 is 0 Å². The largest absolute Gasteiger partial charge is 0.411 e. The van der Waals surface area contributed by atoms with Gasteiger partial charge in [0, 0.05) is 23.7 Å². The lowest BCUT2D eigenvalue weighted by Gasteiger charge is -2.40. The first kappa shape index (κ1) is 9.97. The predicted octanol–water partition coefficient (Wildman–Crippen LogP) is 2.10. The summed E-state index contributed by atoms with van der Waals surface area (Å²) in [4.78, 5) is 2.63. The van der Waals surface area contributed by atoms with Crippen LogP contribution < -0.4 is 0 Å². The molecule has 2 aliphatic heterocycles. The van der Waals surface area contributed by atoms with E-state index in [1.54, 1.807) is 6.21 Å². The minimum atomic E-state index is 0.395. The summed E-state index contributed by atoms with van der Waals surface area (Å²) in [6.07, 6.45) is 6.64. The van der Waals surface area contributed by atoms with Crippen molar-refractivity contribution in [2.45, 2.75) is 51.1 Å². The molecule has 0 radical (unpaired) electrons. The van der Waals surface area contributed by atoms with E-state index in [0.717, 1.165) is 19.0 Å². The molecule has 2 heterocycles. The van der Waals surface area contributed by atoms with Gasteiger partial charge in [-0.1, -0.05) is 0 Å². The highest BCUT2D eigenvalue weighted by Gasteiger charge is 2.42. The first-order valence-corrected chi connectivity index (χ1v) is 5.58. The molecule has 0 saturated carbocycles. The van der Waals surface area contributed by atoms with Crippen LogP contribution in [0.3, 0.4) is 0 Å². The van der Waals surface area contributed by atoms with Crippen LogP contribution in [-0.2, 0) is 0 Å². The molecule has 2 atom stereocenters. The molecule has 2 unspecified atom stereocenters. The second-order valence-electron chi connectivity index (χ2n) is 5.25. The van der Waals surface area contributed by atoms with Gasteiger partial charge in [0.1, 0.15) is 0 Å². The fraction of sp³-hybridized carbons (Fsp3) is 0.909. The third kappa shape index (κ3) is 1.65. The van der Waals surface area contributed by atoms with E-state index in [2.05, 4.69) is 23.9 Å². The van der Waals surface area contributed by atoms with Crippen molar-refractivity contribution in [1.82, 2.24) is 4.90 Å². The summed E-state index contributed by atoms with van der Waals surface area (Å²) in [5.41, 5.74) is 0.395.